The Balaban J connectivity index is 2.70. The van der Waals surface area contributed by atoms with Crippen molar-refractivity contribution in [1.29, 1.82) is 0 Å². The van der Waals surface area contributed by atoms with E-state index in [1.165, 1.54) is 6.92 Å². The number of ketones is 1. The number of hydrogen-bond donors (Lipinski definition) is 1. The van der Waals surface area contributed by atoms with Gasteiger partial charge in [-0.15, -0.1) is 0 Å². The molecule has 0 bridgehead atoms. The van der Waals surface area contributed by atoms with E-state index < -0.39 is 15.6 Å². The lowest BCUT2D eigenvalue weighted by Gasteiger charge is -2.10. The molecular formula is C6H11NO3S. The number of carbonyl (C=O) groups is 1. The van der Waals surface area contributed by atoms with Gasteiger partial charge < -0.3 is 0 Å². The third kappa shape index (κ3) is 2.00. The van der Waals surface area contributed by atoms with Crippen LogP contribution in [0.4, 0.5) is 0 Å². The Morgan fingerprint density at radius 2 is 1.91 bits per heavy atom. The second-order valence-electron chi connectivity index (χ2n) is 3.01. The molecule has 0 unspecified atom stereocenters. The third-order valence-corrected chi connectivity index (χ3v) is 2.57. The lowest BCUT2D eigenvalue weighted by atomic mass is 10.2. The molecule has 1 saturated carbocycles. The number of Topliss-reactive ketones (excluding diaryl/α,β-unsaturated/α-hetero) is 1. The number of sulfonamides is 1. The van der Waals surface area contributed by atoms with Gasteiger partial charge in [-0.3, -0.25) is 4.79 Å². The molecule has 0 amide bonds. The summed E-state index contributed by atoms with van der Waals surface area (Å²) in [4.78, 5) is 10.9. The van der Waals surface area contributed by atoms with Crippen molar-refractivity contribution >= 4 is 15.8 Å². The van der Waals surface area contributed by atoms with E-state index in [9.17, 15) is 13.2 Å². The lowest BCUT2D eigenvalue weighted by Crippen LogP contribution is -2.41. The fraction of sp³-hybridized carbons (Fsp3) is 0.833. The highest BCUT2D eigenvalue weighted by Crippen LogP contribution is 2.36. The minimum absolute atomic E-state index is 0.0945. The normalized spacial score (nSPS) is 21.3. The van der Waals surface area contributed by atoms with E-state index >= 15 is 0 Å². The second-order valence-corrected chi connectivity index (χ2v) is 4.76. The number of hydrogen-bond acceptors (Lipinski definition) is 3. The number of carbonyl (C=O) groups excluding carboxylic acids is 1. The molecule has 0 radical (unpaired) electrons. The van der Waals surface area contributed by atoms with Crippen LogP contribution in [-0.2, 0) is 14.8 Å². The Hall–Kier alpha value is -0.420. The largest absolute Gasteiger partial charge is 0.298 e. The smallest absolute Gasteiger partial charge is 0.209 e. The van der Waals surface area contributed by atoms with Crippen molar-refractivity contribution in [2.24, 2.45) is 0 Å². The van der Waals surface area contributed by atoms with E-state index in [0.717, 1.165) is 6.26 Å². The molecule has 0 spiro atoms. The molecule has 1 aliphatic carbocycles. The zero-order valence-corrected chi connectivity index (χ0v) is 7.36. The Morgan fingerprint density at radius 1 is 1.45 bits per heavy atom. The van der Waals surface area contributed by atoms with Gasteiger partial charge in [-0.1, -0.05) is 0 Å². The molecule has 1 fully saturated rings. The van der Waals surface area contributed by atoms with Gasteiger partial charge in [-0.25, -0.2) is 13.1 Å². The molecule has 1 aliphatic rings. The van der Waals surface area contributed by atoms with Crippen molar-refractivity contribution in [2.45, 2.75) is 25.3 Å². The Bertz CT molecular complexity index is 276. The molecule has 1 rings (SSSR count). The van der Waals surface area contributed by atoms with Crippen LogP contribution in [0, 0.1) is 0 Å². The van der Waals surface area contributed by atoms with Crippen LogP contribution in [0.15, 0.2) is 0 Å². The fourth-order valence-electron chi connectivity index (χ4n) is 1.01. The summed E-state index contributed by atoms with van der Waals surface area (Å²) in [6.07, 6.45) is 2.33. The van der Waals surface area contributed by atoms with Gasteiger partial charge in [0.1, 0.15) is 0 Å². The predicted octanol–water partition coefficient (Wildman–Crippen LogP) is -0.343. The predicted molar refractivity (Wildman–Crippen MR) is 40.6 cm³/mol. The van der Waals surface area contributed by atoms with E-state index in [0.29, 0.717) is 12.8 Å². The molecule has 0 heterocycles. The summed E-state index contributed by atoms with van der Waals surface area (Å²) in [7, 11) is -3.24. The molecule has 11 heavy (non-hydrogen) atoms. The molecule has 0 aromatic carbocycles. The quantitative estimate of drug-likeness (QED) is 0.641. The van der Waals surface area contributed by atoms with Crippen molar-refractivity contribution in [2.75, 3.05) is 6.26 Å². The van der Waals surface area contributed by atoms with Crippen LogP contribution in [-0.4, -0.2) is 26.0 Å². The maximum atomic E-state index is 10.9. The zero-order valence-electron chi connectivity index (χ0n) is 6.55. The van der Waals surface area contributed by atoms with Crippen molar-refractivity contribution in [3.8, 4) is 0 Å². The molecule has 0 saturated heterocycles. The maximum absolute atomic E-state index is 10.9. The van der Waals surface area contributed by atoms with E-state index in [-0.39, 0.29) is 5.78 Å². The van der Waals surface area contributed by atoms with E-state index in [2.05, 4.69) is 4.72 Å². The zero-order chi connectivity index (χ0) is 8.70. The van der Waals surface area contributed by atoms with Gasteiger partial charge in [0, 0.05) is 0 Å². The van der Waals surface area contributed by atoms with Crippen molar-refractivity contribution < 1.29 is 13.2 Å². The van der Waals surface area contributed by atoms with Gasteiger partial charge in [-0.05, 0) is 19.8 Å². The van der Waals surface area contributed by atoms with Crippen LogP contribution < -0.4 is 4.72 Å². The van der Waals surface area contributed by atoms with Gasteiger partial charge in [0.15, 0.2) is 5.78 Å². The van der Waals surface area contributed by atoms with Gasteiger partial charge >= 0.3 is 0 Å². The molecule has 0 aromatic heterocycles. The van der Waals surface area contributed by atoms with Crippen LogP contribution in [0.5, 0.6) is 0 Å². The van der Waals surface area contributed by atoms with Crippen LogP contribution in [0.3, 0.4) is 0 Å². The molecule has 1 N–H and O–H groups in total. The Morgan fingerprint density at radius 3 is 2.00 bits per heavy atom. The standard InChI is InChI=1S/C6H11NO3S/c1-5(8)6(3-4-6)7-11(2,9)10/h7H,3-4H2,1-2H3. The second kappa shape index (κ2) is 2.28. The van der Waals surface area contributed by atoms with Crippen molar-refractivity contribution in [1.82, 2.24) is 4.72 Å². The summed E-state index contributed by atoms with van der Waals surface area (Å²) in [6.45, 7) is 1.41. The summed E-state index contributed by atoms with van der Waals surface area (Å²) in [6, 6.07) is 0. The molecule has 0 aromatic rings. The van der Waals surface area contributed by atoms with Crippen LogP contribution in [0.2, 0.25) is 0 Å². The summed E-state index contributed by atoms with van der Waals surface area (Å²) in [5, 5.41) is 0. The average molecular weight is 177 g/mol. The first kappa shape index (κ1) is 8.67. The van der Waals surface area contributed by atoms with E-state index in [1.54, 1.807) is 0 Å². The SMILES string of the molecule is CC(=O)C1(NS(C)(=O)=O)CC1. The molecule has 5 heteroatoms. The molecule has 64 valence electrons. The van der Waals surface area contributed by atoms with Gasteiger partial charge in [0.05, 0.1) is 11.8 Å². The van der Waals surface area contributed by atoms with E-state index in [4.69, 9.17) is 0 Å². The minimum Gasteiger partial charge on any atom is -0.298 e. The summed E-state index contributed by atoms with van der Waals surface area (Å²) in [5.74, 6) is -0.0945. The van der Waals surface area contributed by atoms with Gasteiger partial charge in [0.2, 0.25) is 10.0 Å². The molecule has 0 atom stereocenters. The van der Waals surface area contributed by atoms with Crippen LogP contribution in [0.1, 0.15) is 19.8 Å². The first-order valence-electron chi connectivity index (χ1n) is 3.36. The van der Waals surface area contributed by atoms with Crippen molar-refractivity contribution in [3.63, 3.8) is 0 Å². The number of nitrogens with one attached hydrogen (secondary N) is 1. The summed E-state index contributed by atoms with van der Waals surface area (Å²) in [5.41, 5.74) is -0.742. The Kier molecular flexibility index (Phi) is 1.80. The first-order valence-corrected chi connectivity index (χ1v) is 5.25. The van der Waals surface area contributed by atoms with E-state index in [1.807, 2.05) is 0 Å². The highest BCUT2D eigenvalue weighted by Gasteiger charge is 2.49. The molecular weight excluding hydrogens is 166 g/mol. The Labute approximate surface area is 66.0 Å². The van der Waals surface area contributed by atoms with Gasteiger partial charge in [-0.2, -0.15) is 0 Å². The minimum atomic E-state index is -3.24. The average Bonchev–Trinajstić information content (AvgIpc) is 2.43. The number of rotatable bonds is 3. The summed E-state index contributed by atoms with van der Waals surface area (Å²) < 4.78 is 23.8. The highest BCUT2D eigenvalue weighted by atomic mass is 32.2. The monoisotopic (exact) mass is 177 g/mol. The third-order valence-electron chi connectivity index (χ3n) is 1.80. The fourth-order valence-corrected chi connectivity index (χ4v) is 2.06. The van der Waals surface area contributed by atoms with Crippen LogP contribution >= 0.6 is 0 Å². The van der Waals surface area contributed by atoms with Gasteiger partial charge in [0.25, 0.3) is 0 Å². The molecule has 4 nitrogen and oxygen atoms in total. The molecule has 0 aliphatic heterocycles. The highest BCUT2D eigenvalue weighted by molar-refractivity contribution is 7.88. The maximum Gasteiger partial charge on any atom is 0.209 e. The first-order chi connectivity index (χ1) is 4.86. The van der Waals surface area contributed by atoms with Crippen LogP contribution in [0.25, 0.3) is 0 Å². The topological polar surface area (TPSA) is 63.2 Å². The summed E-state index contributed by atoms with van der Waals surface area (Å²) >= 11 is 0. The van der Waals surface area contributed by atoms with Crippen molar-refractivity contribution in [3.05, 3.63) is 0 Å². The lowest BCUT2D eigenvalue weighted by molar-refractivity contribution is -0.119.